The summed E-state index contributed by atoms with van der Waals surface area (Å²) in [6, 6.07) is 6.21. The smallest absolute Gasteiger partial charge is 0.234 e. The predicted molar refractivity (Wildman–Crippen MR) is 66.6 cm³/mol. The zero-order valence-electron chi connectivity index (χ0n) is 9.06. The lowest BCUT2D eigenvalue weighted by molar-refractivity contribution is -0.113. The van der Waals surface area contributed by atoms with Crippen LogP contribution in [0.2, 0.25) is 0 Å². The van der Waals surface area contributed by atoms with Crippen molar-refractivity contribution in [2.24, 2.45) is 0 Å². The van der Waals surface area contributed by atoms with Gasteiger partial charge >= 0.3 is 0 Å². The monoisotopic (exact) mass is 259 g/mol. The van der Waals surface area contributed by atoms with Gasteiger partial charge in [0.2, 0.25) is 5.91 Å². The van der Waals surface area contributed by atoms with Crippen LogP contribution in [0.25, 0.3) is 0 Å². The van der Waals surface area contributed by atoms with E-state index in [0.29, 0.717) is 11.4 Å². The molecule has 1 aromatic carbocycles. The van der Waals surface area contributed by atoms with Gasteiger partial charge in [-0.3, -0.25) is 4.79 Å². The van der Waals surface area contributed by atoms with Crippen LogP contribution in [-0.2, 0) is 14.6 Å². The first-order chi connectivity index (χ1) is 7.43. The van der Waals surface area contributed by atoms with E-state index in [4.69, 9.17) is 0 Å². The summed E-state index contributed by atoms with van der Waals surface area (Å²) in [7, 11) is -3.23. The van der Waals surface area contributed by atoms with Crippen molar-refractivity contribution in [3.63, 3.8) is 0 Å². The SMILES string of the molecule is CSCC(=O)Nc1cccc(S(C)(=O)=O)c1. The third-order valence-corrected chi connectivity index (χ3v) is 3.48. The van der Waals surface area contributed by atoms with Gasteiger partial charge in [0.15, 0.2) is 9.84 Å². The maximum atomic E-state index is 11.3. The number of hydrogen-bond acceptors (Lipinski definition) is 4. The molecule has 6 heteroatoms. The molecule has 0 aliphatic rings. The highest BCUT2D eigenvalue weighted by atomic mass is 32.2. The van der Waals surface area contributed by atoms with Crippen LogP contribution in [0, 0.1) is 0 Å². The number of amides is 1. The van der Waals surface area contributed by atoms with Crippen molar-refractivity contribution >= 4 is 33.2 Å². The van der Waals surface area contributed by atoms with Gasteiger partial charge in [0.1, 0.15) is 0 Å². The molecule has 0 unspecified atom stereocenters. The van der Waals surface area contributed by atoms with E-state index < -0.39 is 9.84 Å². The van der Waals surface area contributed by atoms with Crippen molar-refractivity contribution < 1.29 is 13.2 Å². The fraction of sp³-hybridized carbons (Fsp3) is 0.300. The Morgan fingerprint density at radius 3 is 2.69 bits per heavy atom. The van der Waals surface area contributed by atoms with Crippen LogP contribution in [0.3, 0.4) is 0 Å². The highest BCUT2D eigenvalue weighted by molar-refractivity contribution is 7.99. The van der Waals surface area contributed by atoms with Crippen molar-refractivity contribution in [2.75, 3.05) is 23.6 Å². The molecule has 0 fully saturated rings. The summed E-state index contributed by atoms with van der Waals surface area (Å²) >= 11 is 1.41. The van der Waals surface area contributed by atoms with Crippen LogP contribution in [0.4, 0.5) is 5.69 Å². The number of sulfone groups is 1. The Kier molecular flexibility index (Phi) is 4.37. The second-order valence-electron chi connectivity index (χ2n) is 3.28. The highest BCUT2D eigenvalue weighted by Gasteiger charge is 2.08. The van der Waals surface area contributed by atoms with E-state index in [-0.39, 0.29) is 10.8 Å². The van der Waals surface area contributed by atoms with Gasteiger partial charge in [-0.2, -0.15) is 11.8 Å². The maximum Gasteiger partial charge on any atom is 0.234 e. The van der Waals surface area contributed by atoms with E-state index in [1.807, 2.05) is 6.26 Å². The number of carbonyl (C=O) groups is 1. The largest absolute Gasteiger partial charge is 0.325 e. The molecule has 0 aromatic heterocycles. The second kappa shape index (κ2) is 5.36. The average molecular weight is 259 g/mol. The molecule has 1 N–H and O–H groups in total. The fourth-order valence-electron chi connectivity index (χ4n) is 1.13. The molecule has 0 saturated carbocycles. The molecule has 0 radical (unpaired) electrons. The van der Waals surface area contributed by atoms with Crippen LogP contribution in [0.15, 0.2) is 29.2 Å². The van der Waals surface area contributed by atoms with E-state index >= 15 is 0 Å². The first-order valence-electron chi connectivity index (χ1n) is 4.52. The Morgan fingerprint density at radius 2 is 2.12 bits per heavy atom. The van der Waals surface area contributed by atoms with Gasteiger partial charge in [-0.15, -0.1) is 0 Å². The lowest BCUT2D eigenvalue weighted by atomic mass is 10.3. The lowest BCUT2D eigenvalue weighted by Gasteiger charge is -2.05. The summed E-state index contributed by atoms with van der Waals surface area (Å²) in [5.74, 6) is 0.210. The Morgan fingerprint density at radius 1 is 1.44 bits per heavy atom. The molecule has 1 rings (SSSR count). The summed E-state index contributed by atoms with van der Waals surface area (Å²) in [6.45, 7) is 0. The number of hydrogen-bond donors (Lipinski definition) is 1. The highest BCUT2D eigenvalue weighted by Crippen LogP contribution is 2.15. The molecule has 0 saturated heterocycles. The lowest BCUT2D eigenvalue weighted by Crippen LogP contribution is -2.14. The number of rotatable bonds is 4. The predicted octanol–water partition coefficient (Wildman–Crippen LogP) is 1.39. The molecule has 1 amide bonds. The third-order valence-electron chi connectivity index (χ3n) is 1.82. The molecule has 0 aliphatic carbocycles. The van der Waals surface area contributed by atoms with E-state index in [9.17, 15) is 13.2 Å². The minimum Gasteiger partial charge on any atom is -0.325 e. The number of thioether (sulfide) groups is 1. The van der Waals surface area contributed by atoms with Crippen LogP contribution in [-0.4, -0.2) is 32.6 Å². The summed E-state index contributed by atoms with van der Waals surface area (Å²) in [4.78, 5) is 11.5. The standard InChI is InChI=1S/C10H13NO3S2/c1-15-7-10(12)11-8-4-3-5-9(6-8)16(2,13)14/h3-6H,7H2,1-2H3,(H,11,12). The van der Waals surface area contributed by atoms with Crippen LogP contribution in [0.5, 0.6) is 0 Å². The number of benzene rings is 1. The van der Waals surface area contributed by atoms with Gasteiger partial charge in [0.05, 0.1) is 10.6 Å². The van der Waals surface area contributed by atoms with Gasteiger partial charge < -0.3 is 5.32 Å². The normalized spacial score (nSPS) is 11.1. The fourth-order valence-corrected chi connectivity index (χ4v) is 2.13. The molecular formula is C10H13NO3S2. The third kappa shape index (κ3) is 3.86. The second-order valence-corrected chi connectivity index (χ2v) is 6.16. The first kappa shape index (κ1) is 13.1. The average Bonchev–Trinajstić information content (AvgIpc) is 2.17. The zero-order chi connectivity index (χ0) is 12.2. The van der Waals surface area contributed by atoms with Crippen LogP contribution < -0.4 is 5.32 Å². The van der Waals surface area contributed by atoms with Gasteiger partial charge in [0.25, 0.3) is 0 Å². The van der Waals surface area contributed by atoms with Gasteiger partial charge in [-0.25, -0.2) is 8.42 Å². The van der Waals surface area contributed by atoms with Crippen molar-refractivity contribution in [3.05, 3.63) is 24.3 Å². The summed E-state index contributed by atoms with van der Waals surface area (Å²) in [5, 5.41) is 2.63. The number of carbonyl (C=O) groups excluding carboxylic acids is 1. The first-order valence-corrected chi connectivity index (χ1v) is 7.81. The molecule has 0 aliphatic heterocycles. The molecule has 88 valence electrons. The zero-order valence-corrected chi connectivity index (χ0v) is 10.7. The minimum absolute atomic E-state index is 0.141. The van der Waals surface area contributed by atoms with Gasteiger partial charge in [-0.05, 0) is 24.5 Å². The topological polar surface area (TPSA) is 63.2 Å². The van der Waals surface area contributed by atoms with Crippen molar-refractivity contribution in [2.45, 2.75) is 4.90 Å². The Bertz CT molecular complexity index is 483. The van der Waals surface area contributed by atoms with Gasteiger partial charge in [-0.1, -0.05) is 6.07 Å². The Balaban J connectivity index is 2.88. The molecule has 0 atom stereocenters. The summed E-state index contributed by atoms with van der Waals surface area (Å²) < 4.78 is 22.6. The van der Waals surface area contributed by atoms with Crippen molar-refractivity contribution in [1.29, 1.82) is 0 Å². The Hall–Kier alpha value is -1.01. The van der Waals surface area contributed by atoms with Crippen molar-refractivity contribution in [1.82, 2.24) is 0 Å². The summed E-state index contributed by atoms with van der Waals surface area (Å²) in [5.41, 5.74) is 0.502. The number of anilines is 1. The molecule has 0 spiro atoms. The molecule has 1 aromatic rings. The minimum atomic E-state index is -3.23. The molecule has 16 heavy (non-hydrogen) atoms. The van der Waals surface area contributed by atoms with Crippen molar-refractivity contribution in [3.8, 4) is 0 Å². The maximum absolute atomic E-state index is 11.3. The van der Waals surface area contributed by atoms with E-state index in [1.54, 1.807) is 12.1 Å². The quantitative estimate of drug-likeness (QED) is 0.887. The van der Waals surface area contributed by atoms with Crippen LogP contribution in [0.1, 0.15) is 0 Å². The molecule has 0 bridgehead atoms. The Labute approximate surface area is 99.4 Å². The van der Waals surface area contributed by atoms with E-state index in [1.165, 1.54) is 23.9 Å². The van der Waals surface area contributed by atoms with Gasteiger partial charge in [0, 0.05) is 11.9 Å². The summed E-state index contributed by atoms with van der Waals surface area (Å²) in [6.07, 6.45) is 2.96. The van der Waals surface area contributed by atoms with Crippen LogP contribution >= 0.6 is 11.8 Å². The molecular weight excluding hydrogens is 246 g/mol. The number of nitrogens with one attached hydrogen (secondary N) is 1. The van der Waals surface area contributed by atoms with E-state index in [2.05, 4.69) is 5.32 Å². The molecule has 0 heterocycles. The molecule has 4 nitrogen and oxygen atoms in total. The van der Waals surface area contributed by atoms with E-state index in [0.717, 1.165) is 6.26 Å².